The minimum absolute atomic E-state index is 0.135. The van der Waals surface area contributed by atoms with Crippen LogP contribution >= 0.6 is 11.8 Å². The average molecular weight is 307 g/mol. The third kappa shape index (κ3) is 3.02. The molecule has 2 aliphatic rings. The van der Waals surface area contributed by atoms with E-state index >= 15 is 0 Å². The summed E-state index contributed by atoms with van der Waals surface area (Å²) in [5.41, 5.74) is 7.59. The van der Waals surface area contributed by atoms with Gasteiger partial charge < -0.3 is 15.2 Å². The lowest BCUT2D eigenvalue weighted by Gasteiger charge is -2.37. The summed E-state index contributed by atoms with van der Waals surface area (Å²) in [5, 5.41) is 0. The zero-order valence-electron chi connectivity index (χ0n) is 12.8. The van der Waals surface area contributed by atoms with Gasteiger partial charge in [-0.15, -0.1) is 0 Å². The molecule has 2 N–H and O–H groups in total. The fourth-order valence-electron chi connectivity index (χ4n) is 3.40. The van der Waals surface area contributed by atoms with Crippen molar-refractivity contribution >= 4 is 11.8 Å². The minimum Gasteiger partial charge on any atom is -0.493 e. The zero-order valence-corrected chi connectivity index (χ0v) is 13.6. The summed E-state index contributed by atoms with van der Waals surface area (Å²) in [7, 11) is 1.72. The monoisotopic (exact) mass is 307 g/mol. The minimum atomic E-state index is 0.135. The first-order valence-electron chi connectivity index (χ1n) is 7.90. The predicted octanol–water partition coefficient (Wildman–Crippen LogP) is 3.35. The maximum atomic E-state index is 6.14. The first-order valence-corrected chi connectivity index (χ1v) is 9.06. The number of methoxy groups -OCH3 is 1. The SMILES string of the molecule is COc1cc(C2(CN)CCCCC2)ccc1OC1CSC1. The number of nitrogens with two attached hydrogens (primary N) is 1. The Bertz CT molecular complexity index is 482. The lowest BCUT2D eigenvalue weighted by Crippen LogP contribution is -2.37. The van der Waals surface area contributed by atoms with Gasteiger partial charge in [0.2, 0.25) is 0 Å². The van der Waals surface area contributed by atoms with E-state index in [0.29, 0.717) is 6.10 Å². The van der Waals surface area contributed by atoms with Crippen molar-refractivity contribution in [1.82, 2.24) is 0 Å². The molecule has 1 aliphatic carbocycles. The standard InChI is InChI=1S/C17H25NO2S/c1-19-16-9-13(17(12-18)7-3-2-4-8-17)5-6-15(16)20-14-10-21-11-14/h5-6,9,14H,2-4,7-8,10-12,18H2,1H3. The van der Waals surface area contributed by atoms with Gasteiger partial charge in [-0.3, -0.25) is 0 Å². The van der Waals surface area contributed by atoms with Crippen LogP contribution in [0.2, 0.25) is 0 Å². The molecule has 0 atom stereocenters. The second-order valence-electron chi connectivity index (χ2n) is 6.19. The highest BCUT2D eigenvalue weighted by molar-refractivity contribution is 8.00. The highest BCUT2D eigenvalue weighted by Gasteiger charge is 2.33. The zero-order chi connectivity index (χ0) is 14.7. The predicted molar refractivity (Wildman–Crippen MR) is 88.6 cm³/mol. The van der Waals surface area contributed by atoms with Crippen LogP contribution in [0, 0.1) is 0 Å². The van der Waals surface area contributed by atoms with Crippen molar-refractivity contribution in [2.24, 2.45) is 5.73 Å². The quantitative estimate of drug-likeness (QED) is 0.906. The van der Waals surface area contributed by atoms with Crippen LogP contribution in [0.4, 0.5) is 0 Å². The fourth-order valence-corrected chi connectivity index (χ4v) is 3.96. The van der Waals surface area contributed by atoms with Crippen LogP contribution in [-0.2, 0) is 5.41 Å². The molecule has 0 bridgehead atoms. The van der Waals surface area contributed by atoms with Gasteiger partial charge in [0, 0.05) is 23.5 Å². The van der Waals surface area contributed by atoms with E-state index in [4.69, 9.17) is 15.2 Å². The van der Waals surface area contributed by atoms with Crippen molar-refractivity contribution in [1.29, 1.82) is 0 Å². The molecule has 21 heavy (non-hydrogen) atoms. The topological polar surface area (TPSA) is 44.5 Å². The van der Waals surface area contributed by atoms with Gasteiger partial charge in [0.05, 0.1) is 7.11 Å². The van der Waals surface area contributed by atoms with Crippen molar-refractivity contribution in [3.8, 4) is 11.5 Å². The van der Waals surface area contributed by atoms with Gasteiger partial charge in [-0.2, -0.15) is 11.8 Å². The van der Waals surface area contributed by atoms with Crippen LogP contribution in [-0.4, -0.2) is 31.3 Å². The largest absolute Gasteiger partial charge is 0.493 e. The first kappa shape index (κ1) is 15.0. The molecule has 3 nitrogen and oxygen atoms in total. The summed E-state index contributed by atoms with van der Waals surface area (Å²) >= 11 is 1.92. The van der Waals surface area contributed by atoms with Crippen LogP contribution in [0.1, 0.15) is 37.7 Å². The van der Waals surface area contributed by atoms with E-state index in [1.807, 2.05) is 11.8 Å². The Balaban J connectivity index is 1.85. The summed E-state index contributed by atoms with van der Waals surface area (Å²) in [6, 6.07) is 6.42. The molecule has 1 aliphatic heterocycles. The third-order valence-electron chi connectivity index (χ3n) is 4.88. The van der Waals surface area contributed by atoms with Gasteiger partial charge in [-0.1, -0.05) is 25.3 Å². The van der Waals surface area contributed by atoms with Gasteiger partial charge >= 0.3 is 0 Å². The van der Waals surface area contributed by atoms with E-state index in [1.165, 1.54) is 37.7 Å². The number of ether oxygens (including phenoxy) is 2. The van der Waals surface area contributed by atoms with Gasteiger partial charge in [-0.25, -0.2) is 0 Å². The van der Waals surface area contributed by atoms with Crippen LogP contribution in [0.25, 0.3) is 0 Å². The highest BCUT2D eigenvalue weighted by Crippen LogP contribution is 2.42. The van der Waals surface area contributed by atoms with Crippen molar-refractivity contribution in [3.05, 3.63) is 23.8 Å². The molecular formula is C17H25NO2S. The molecule has 1 saturated heterocycles. The number of hydrogen-bond donors (Lipinski definition) is 1. The number of benzene rings is 1. The molecule has 0 unspecified atom stereocenters. The van der Waals surface area contributed by atoms with E-state index in [9.17, 15) is 0 Å². The van der Waals surface area contributed by atoms with Gasteiger partial charge in [0.1, 0.15) is 6.10 Å². The molecule has 116 valence electrons. The lowest BCUT2D eigenvalue weighted by molar-refractivity contribution is 0.227. The summed E-state index contributed by atoms with van der Waals surface area (Å²) in [6.45, 7) is 0.718. The highest BCUT2D eigenvalue weighted by atomic mass is 32.2. The summed E-state index contributed by atoms with van der Waals surface area (Å²) in [5.74, 6) is 3.88. The van der Waals surface area contributed by atoms with Crippen LogP contribution in [0.15, 0.2) is 18.2 Å². The van der Waals surface area contributed by atoms with E-state index in [-0.39, 0.29) is 5.41 Å². The molecule has 4 heteroatoms. The summed E-state index contributed by atoms with van der Waals surface area (Å²) in [6.07, 6.45) is 6.60. The molecule has 1 heterocycles. The Labute approximate surface area is 131 Å². The third-order valence-corrected chi connectivity index (χ3v) is 6.09. The normalized spacial score (nSPS) is 21.6. The molecule has 0 amide bonds. The van der Waals surface area contributed by atoms with E-state index in [2.05, 4.69) is 18.2 Å². The Hall–Kier alpha value is -0.870. The number of hydrogen-bond acceptors (Lipinski definition) is 4. The second kappa shape index (κ2) is 6.49. The van der Waals surface area contributed by atoms with Crippen molar-refractivity contribution < 1.29 is 9.47 Å². The molecular weight excluding hydrogens is 282 g/mol. The Morgan fingerprint density at radius 2 is 1.95 bits per heavy atom. The van der Waals surface area contributed by atoms with Crippen LogP contribution in [0.3, 0.4) is 0 Å². The summed E-state index contributed by atoms with van der Waals surface area (Å²) in [4.78, 5) is 0. The van der Waals surface area contributed by atoms with E-state index < -0.39 is 0 Å². The second-order valence-corrected chi connectivity index (χ2v) is 7.26. The average Bonchev–Trinajstić information content (AvgIpc) is 2.51. The molecule has 2 fully saturated rings. The maximum absolute atomic E-state index is 6.14. The molecule has 0 radical (unpaired) electrons. The molecule has 1 aromatic carbocycles. The fraction of sp³-hybridized carbons (Fsp3) is 0.647. The van der Waals surface area contributed by atoms with Crippen molar-refractivity contribution in [3.63, 3.8) is 0 Å². The summed E-state index contributed by atoms with van der Waals surface area (Å²) < 4.78 is 11.6. The van der Waals surface area contributed by atoms with Gasteiger partial charge in [-0.05, 0) is 30.5 Å². The number of rotatable bonds is 5. The Morgan fingerprint density at radius 1 is 1.19 bits per heavy atom. The van der Waals surface area contributed by atoms with Crippen molar-refractivity contribution in [2.75, 3.05) is 25.2 Å². The Morgan fingerprint density at radius 3 is 2.52 bits per heavy atom. The first-order chi connectivity index (χ1) is 10.3. The lowest BCUT2D eigenvalue weighted by atomic mass is 9.69. The van der Waals surface area contributed by atoms with Crippen LogP contribution in [0.5, 0.6) is 11.5 Å². The molecule has 0 spiro atoms. The maximum Gasteiger partial charge on any atom is 0.161 e. The van der Waals surface area contributed by atoms with Gasteiger partial charge in [0.25, 0.3) is 0 Å². The van der Waals surface area contributed by atoms with E-state index in [0.717, 1.165) is 29.5 Å². The number of thioether (sulfide) groups is 1. The van der Waals surface area contributed by atoms with E-state index in [1.54, 1.807) is 7.11 Å². The molecule has 3 rings (SSSR count). The van der Waals surface area contributed by atoms with Crippen LogP contribution < -0.4 is 15.2 Å². The Kier molecular flexibility index (Phi) is 4.65. The van der Waals surface area contributed by atoms with Gasteiger partial charge in [0.15, 0.2) is 11.5 Å². The molecule has 1 aromatic rings. The molecule has 1 saturated carbocycles. The molecule has 0 aromatic heterocycles. The smallest absolute Gasteiger partial charge is 0.161 e. The van der Waals surface area contributed by atoms with Crippen molar-refractivity contribution in [2.45, 2.75) is 43.6 Å².